The van der Waals surface area contributed by atoms with Gasteiger partial charge < -0.3 is 9.47 Å². The molecule has 3 rings (SSSR count). The van der Waals surface area contributed by atoms with Crippen molar-refractivity contribution in [3.63, 3.8) is 0 Å². The van der Waals surface area contributed by atoms with Gasteiger partial charge in [-0.2, -0.15) is 5.10 Å². The number of halogens is 2. The van der Waals surface area contributed by atoms with Crippen molar-refractivity contribution in [1.29, 1.82) is 0 Å². The third-order valence-electron chi connectivity index (χ3n) is 3.93. The van der Waals surface area contributed by atoms with Crippen molar-refractivity contribution in [3.05, 3.63) is 92.9 Å². The first kappa shape index (κ1) is 21.5. The Kier molecular flexibility index (Phi) is 7.21. The highest BCUT2D eigenvalue weighted by Gasteiger charge is 2.12. The van der Waals surface area contributed by atoms with Crippen molar-refractivity contribution in [2.24, 2.45) is 5.10 Å². The van der Waals surface area contributed by atoms with Gasteiger partial charge in [0.25, 0.3) is 5.91 Å². The first-order valence-electron chi connectivity index (χ1n) is 8.71. The molecule has 0 bridgehead atoms. The zero-order valence-corrected chi connectivity index (χ0v) is 18.1. The molecule has 1 N–H and O–H groups in total. The average Bonchev–Trinajstić information content (AvgIpc) is 2.74. The van der Waals surface area contributed by atoms with Crippen LogP contribution < -0.4 is 14.9 Å². The molecule has 0 atom stereocenters. The summed E-state index contributed by atoms with van der Waals surface area (Å²) in [5.41, 5.74) is 3.81. The highest BCUT2D eigenvalue weighted by molar-refractivity contribution is 9.10. The number of amides is 1. The zero-order chi connectivity index (χ0) is 21.5. The van der Waals surface area contributed by atoms with Gasteiger partial charge >= 0.3 is 5.97 Å². The van der Waals surface area contributed by atoms with Crippen LogP contribution in [0.2, 0.25) is 5.02 Å². The van der Waals surface area contributed by atoms with Crippen LogP contribution >= 0.6 is 27.5 Å². The van der Waals surface area contributed by atoms with Gasteiger partial charge in [-0.1, -0.05) is 39.7 Å². The van der Waals surface area contributed by atoms with Gasteiger partial charge in [-0.3, -0.25) is 4.79 Å². The normalized spacial score (nSPS) is 10.6. The molecule has 0 aliphatic rings. The monoisotopic (exact) mass is 486 g/mol. The Morgan fingerprint density at radius 2 is 1.83 bits per heavy atom. The minimum absolute atomic E-state index is 0.342. The number of carbonyl (C=O) groups is 2. The zero-order valence-electron chi connectivity index (χ0n) is 15.8. The molecule has 0 radical (unpaired) electrons. The molecule has 0 aliphatic heterocycles. The van der Waals surface area contributed by atoms with E-state index in [2.05, 4.69) is 26.5 Å². The van der Waals surface area contributed by atoms with Crippen molar-refractivity contribution >= 4 is 45.6 Å². The van der Waals surface area contributed by atoms with E-state index in [1.54, 1.807) is 66.7 Å². The molecular weight excluding hydrogens is 472 g/mol. The lowest BCUT2D eigenvalue weighted by Crippen LogP contribution is -2.18. The van der Waals surface area contributed by atoms with Gasteiger partial charge in [0.05, 0.1) is 24.5 Å². The second-order valence-electron chi connectivity index (χ2n) is 6.01. The molecule has 0 heterocycles. The smallest absolute Gasteiger partial charge is 0.343 e. The number of nitrogens with one attached hydrogen (secondary N) is 1. The maximum atomic E-state index is 12.4. The molecule has 8 heteroatoms. The number of benzene rings is 3. The lowest BCUT2D eigenvalue weighted by Gasteiger charge is -2.07. The number of rotatable bonds is 6. The largest absolute Gasteiger partial charge is 0.496 e. The predicted molar refractivity (Wildman–Crippen MR) is 119 cm³/mol. The van der Waals surface area contributed by atoms with E-state index in [1.807, 2.05) is 0 Å². The Morgan fingerprint density at radius 1 is 1.07 bits per heavy atom. The lowest BCUT2D eigenvalue weighted by molar-refractivity contribution is 0.0734. The SMILES string of the molecule is COc1ccc(Br)cc1C(=O)N/N=C\c1cccc(OC(=O)c2ccc(Cl)cc2)c1. The summed E-state index contributed by atoms with van der Waals surface area (Å²) < 4.78 is 11.3. The van der Waals surface area contributed by atoms with Crippen LogP contribution in [-0.4, -0.2) is 25.2 Å². The average molecular weight is 488 g/mol. The molecule has 0 aromatic heterocycles. The van der Waals surface area contributed by atoms with Crippen molar-refractivity contribution in [1.82, 2.24) is 5.43 Å². The molecule has 3 aromatic rings. The van der Waals surface area contributed by atoms with Gasteiger partial charge in [-0.15, -0.1) is 0 Å². The fourth-order valence-electron chi connectivity index (χ4n) is 2.49. The first-order chi connectivity index (χ1) is 14.5. The number of hydrogen-bond donors (Lipinski definition) is 1. The molecule has 0 saturated carbocycles. The van der Waals surface area contributed by atoms with Gasteiger partial charge in [-0.25, -0.2) is 10.2 Å². The molecule has 0 saturated heterocycles. The van der Waals surface area contributed by atoms with Crippen molar-refractivity contribution in [2.75, 3.05) is 7.11 Å². The molecule has 0 fully saturated rings. The summed E-state index contributed by atoms with van der Waals surface area (Å²) >= 11 is 9.15. The summed E-state index contributed by atoms with van der Waals surface area (Å²) in [6.45, 7) is 0. The molecule has 3 aromatic carbocycles. The highest BCUT2D eigenvalue weighted by atomic mass is 79.9. The number of hydrogen-bond acceptors (Lipinski definition) is 5. The number of esters is 1. The second-order valence-corrected chi connectivity index (χ2v) is 7.36. The van der Waals surface area contributed by atoms with E-state index in [9.17, 15) is 9.59 Å². The Bertz CT molecular complexity index is 1100. The van der Waals surface area contributed by atoms with E-state index in [-0.39, 0.29) is 0 Å². The van der Waals surface area contributed by atoms with Gasteiger partial charge in [-0.05, 0) is 60.2 Å². The fourth-order valence-corrected chi connectivity index (χ4v) is 2.98. The summed E-state index contributed by atoms with van der Waals surface area (Å²) in [7, 11) is 1.49. The van der Waals surface area contributed by atoms with Gasteiger partial charge in [0, 0.05) is 9.50 Å². The molecule has 1 amide bonds. The van der Waals surface area contributed by atoms with Crippen molar-refractivity contribution < 1.29 is 19.1 Å². The van der Waals surface area contributed by atoms with Gasteiger partial charge in [0.2, 0.25) is 0 Å². The van der Waals surface area contributed by atoms with Crippen LogP contribution in [0.15, 0.2) is 76.3 Å². The van der Waals surface area contributed by atoms with E-state index >= 15 is 0 Å². The molecule has 6 nitrogen and oxygen atoms in total. The maximum absolute atomic E-state index is 12.4. The van der Waals surface area contributed by atoms with Crippen LogP contribution in [0, 0.1) is 0 Å². The highest BCUT2D eigenvalue weighted by Crippen LogP contribution is 2.22. The minimum atomic E-state index is -0.504. The lowest BCUT2D eigenvalue weighted by atomic mass is 10.2. The topological polar surface area (TPSA) is 77.0 Å². The van der Waals surface area contributed by atoms with E-state index in [0.29, 0.717) is 33.2 Å². The van der Waals surface area contributed by atoms with Crippen molar-refractivity contribution in [2.45, 2.75) is 0 Å². The second kappa shape index (κ2) is 10.0. The fraction of sp³-hybridized carbons (Fsp3) is 0.0455. The number of hydrazone groups is 1. The number of carbonyl (C=O) groups excluding carboxylic acids is 2. The third kappa shape index (κ3) is 5.68. The van der Waals surface area contributed by atoms with Crippen LogP contribution in [0.1, 0.15) is 26.3 Å². The van der Waals surface area contributed by atoms with E-state index in [1.165, 1.54) is 13.3 Å². The van der Waals surface area contributed by atoms with E-state index in [4.69, 9.17) is 21.1 Å². The minimum Gasteiger partial charge on any atom is -0.496 e. The Hall–Kier alpha value is -3.16. The van der Waals surface area contributed by atoms with Crippen molar-refractivity contribution in [3.8, 4) is 11.5 Å². The maximum Gasteiger partial charge on any atom is 0.343 e. The molecular formula is C22H16BrClN2O4. The summed E-state index contributed by atoms with van der Waals surface area (Å²) in [6, 6.07) is 18.2. The Balaban J connectivity index is 1.65. The van der Waals surface area contributed by atoms with Crippen LogP contribution in [-0.2, 0) is 0 Å². The summed E-state index contributed by atoms with van der Waals surface area (Å²) in [6.07, 6.45) is 1.45. The number of methoxy groups -OCH3 is 1. The summed E-state index contributed by atoms with van der Waals surface area (Å²) in [5, 5.41) is 4.50. The molecule has 30 heavy (non-hydrogen) atoms. The van der Waals surface area contributed by atoms with Gasteiger partial charge in [0.1, 0.15) is 11.5 Å². The Labute approximate surface area is 186 Å². The molecule has 0 spiro atoms. The summed E-state index contributed by atoms with van der Waals surface area (Å²) in [4.78, 5) is 24.6. The molecule has 0 aliphatic carbocycles. The first-order valence-corrected chi connectivity index (χ1v) is 9.88. The van der Waals surface area contributed by atoms with Gasteiger partial charge in [0.15, 0.2) is 0 Å². The van der Waals surface area contributed by atoms with E-state index in [0.717, 1.165) is 4.47 Å². The third-order valence-corrected chi connectivity index (χ3v) is 4.68. The molecule has 152 valence electrons. The van der Waals surface area contributed by atoms with Crippen LogP contribution in [0.3, 0.4) is 0 Å². The van der Waals surface area contributed by atoms with E-state index < -0.39 is 11.9 Å². The van der Waals surface area contributed by atoms with Crippen LogP contribution in [0.4, 0.5) is 0 Å². The quantitative estimate of drug-likeness (QED) is 0.227. The number of ether oxygens (including phenoxy) is 2. The number of nitrogens with zero attached hydrogens (tertiary/aromatic N) is 1. The standard InChI is InChI=1S/C22H16BrClN2O4/c1-29-20-10-7-16(23)12-19(20)21(27)26-25-13-14-3-2-4-18(11-14)30-22(28)15-5-8-17(24)9-6-15/h2-13H,1H3,(H,26,27)/b25-13-. The summed E-state index contributed by atoms with van der Waals surface area (Å²) in [5.74, 6) is -0.147. The van der Waals surface area contributed by atoms with Crippen LogP contribution in [0.5, 0.6) is 11.5 Å². The Morgan fingerprint density at radius 3 is 2.57 bits per heavy atom. The van der Waals surface area contributed by atoms with Crippen LogP contribution in [0.25, 0.3) is 0 Å². The molecule has 0 unspecified atom stereocenters. The predicted octanol–water partition coefficient (Wildman–Crippen LogP) is 5.09.